The van der Waals surface area contributed by atoms with Gasteiger partial charge in [-0.1, -0.05) is 36.4 Å². The van der Waals surface area contributed by atoms with Crippen LogP contribution in [0.1, 0.15) is 11.1 Å². The first-order valence-corrected chi connectivity index (χ1v) is 5.03. The zero-order valence-corrected chi connectivity index (χ0v) is 8.73. The van der Waals surface area contributed by atoms with Gasteiger partial charge in [0.05, 0.1) is 0 Å². The maximum absolute atomic E-state index is 12.9. The molecule has 2 heteroatoms. The highest BCUT2D eigenvalue weighted by atomic mass is 19.1. The lowest BCUT2D eigenvalue weighted by atomic mass is 10.1. The Morgan fingerprint density at radius 3 is 2.25 bits per heavy atom. The number of halogens is 1. The molecule has 0 saturated heterocycles. The van der Waals surface area contributed by atoms with Gasteiger partial charge < -0.3 is 5.73 Å². The van der Waals surface area contributed by atoms with Gasteiger partial charge in [-0.05, 0) is 35.4 Å². The second kappa shape index (κ2) is 4.62. The minimum atomic E-state index is -0.223. The largest absolute Gasteiger partial charge is 0.399 e. The lowest BCUT2D eigenvalue weighted by Gasteiger charge is -1.96. The predicted octanol–water partition coefficient (Wildman–Crippen LogP) is 3.58. The van der Waals surface area contributed by atoms with E-state index < -0.39 is 0 Å². The first-order chi connectivity index (χ1) is 7.74. The fourth-order valence-electron chi connectivity index (χ4n) is 1.41. The molecule has 0 aliphatic heterocycles. The number of hydrogen-bond donors (Lipinski definition) is 1. The predicted molar refractivity (Wildman–Crippen MR) is 66.2 cm³/mol. The summed E-state index contributed by atoms with van der Waals surface area (Å²) in [4.78, 5) is 0. The minimum Gasteiger partial charge on any atom is -0.399 e. The van der Waals surface area contributed by atoms with Gasteiger partial charge in [0.25, 0.3) is 0 Å². The van der Waals surface area contributed by atoms with E-state index in [4.69, 9.17) is 5.73 Å². The Morgan fingerprint density at radius 1 is 0.875 bits per heavy atom. The molecule has 0 aliphatic rings. The van der Waals surface area contributed by atoms with Gasteiger partial charge >= 0.3 is 0 Å². The second-order valence-corrected chi connectivity index (χ2v) is 3.56. The average Bonchev–Trinajstić information content (AvgIpc) is 2.28. The summed E-state index contributed by atoms with van der Waals surface area (Å²) in [5, 5.41) is 0. The molecule has 2 N–H and O–H groups in total. The summed E-state index contributed by atoms with van der Waals surface area (Å²) in [5.74, 6) is -0.223. The molecule has 1 nitrogen and oxygen atoms in total. The lowest BCUT2D eigenvalue weighted by molar-refractivity contribution is 0.627. The minimum absolute atomic E-state index is 0.223. The Kier molecular flexibility index (Phi) is 3.01. The van der Waals surface area contributed by atoms with Crippen molar-refractivity contribution in [2.45, 2.75) is 0 Å². The fourth-order valence-corrected chi connectivity index (χ4v) is 1.41. The highest BCUT2D eigenvalue weighted by Gasteiger charge is 1.91. The third kappa shape index (κ3) is 2.70. The van der Waals surface area contributed by atoms with Crippen LogP contribution in [0.25, 0.3) is 12.2 Å². The SMILES string of the molecule is Nc1ccc(/C=C/c2cccc(F)c2)cc1. The van der Waals surface area contributed by atoms with Crippen LogP contribution in [0.3, 0.4) is 0 Å². The Morgan fingerprint density at radius 2 is 1.56 bits per heavy atom. The van der Waals surface area contributed by atoms with E-state index >= 15 is 0 Å². The van der Waals surface area contributed by atoms with Crippen LogP contribution in [0.15, 0.2) is 48.5 Å². The molecule has 2 aromatic rings. The van der Waals surface area contributed by atoms with E-state index in [-0.39, 0.29) is 5.82 Å². The van der Waals surface area contributed by atoms with Gasteiger partial charge in [-0.3, -0.25) is 0 Å². The topological polar surface area (TPSA) is 26.0 Å². The zero-order valence-electron chi connectivity index (χ0n) is 8.73. The molecule has 2 aromatic carbocycles. The number of hydrogen-bond acceptors (Lipinski definition) is 1. The summed E-state index contributed by atoms with van der Waals surface area (Å²) in [6.07, 6.45) is 3.79. The van der Waals surface area contributed by atoms with E-state index in [1.165, 1.54) is 12.1 Å². The standard InChI is InChI=1S/C14H12FN/c15-13-3-1-2-12(10-13)5-4-11-6-8-14(16)9-7-11/h1-10H,16H2/b5-4+. The first-order valence-electron chi connectivity index (χ1n) is 5.03. The molecule has 2 rings (SSSR count). The number of nitrogen functional groups attached to an aromatic ring is 1. The summed E-state index contributed by atoms with van der Waals surface area (Å²) in [6, 6.07) is 14.0. The fraction of sp³-hybridized carbons (Fsp3) is 0. The smallest absolute Gasteiger partial charge is 0.123 e. The quantitative estimate of drug-likeness (QED) is 0.599. The summed E-state index contributed by atoms with van der Waals surface area (Å²) in [7, 11) is 0. The van der Waals surface area contributed by atoms with E-state index in [9.17, 15) is 4.39 Å². The van der Waals surface area contributed by atoms with E-state index in [0.29, 0.717) is 0 Å². The maximum Gasteiger partial charge on any atom is 0.123 e. The van der Waals surface area contributed by atoms with Crippen molar-refractivity contribution in [1.29, 1.82) is 0 Å². The van der Waals surface area contributed by atoms with Crippen molar-refractivity contribution in [2.75, 3.05) is 5.73 Å². The van der Waals surface area contributed by atoms with E-state index in [1.807, 2.05) is 42.5 Å². The number of nitrogens with two attached hydrogens (primary N) is 1. The van der Waals surface area contributed by atoms with Crippen molar-refractivity contribution in [3.8, 4) is 0 Å². The van der Waals surface area contributed by atoms with Crippen LogP contribution in [0, 0.1) is 5.82 Å². The molecule has 0 bridgehead atoms. The molecule has 0 amide bonds. The molecule has 0 radical (unpaired) electrons. The summed E-state index contributed by atoms with van der Waals surface area (Å²) >= 11 is 0. The molecule has 0 aliphatic carbocycles. The molecule has 0 heterocycles. The highest BCUT2D eigenvalue weighted by Crippen LogP contribution is 2.11. The van der Waals surface area contributed by atoms with Crippen LogP contribution in [0.4, 0.5) is 10.1 Å². The van der Waals surface area contributed by atoms with E-state index in [0.717, 1.165) is 16.8 Å². The van der Waals surface area contributed by atoms with Crippen LogP contribution in [0.2, 0.25) is 0 Å². The van der Waals surface area contributed by atoms with Crippen LogP contribution in [0.5, 0.6) is 0 Å². The van der Waals surface area contributed by atoms with Crippen LogP contribution >= 0.6 is 0 Å². The molecule has 0 unspecified atom stereocenters. The molecule has 80 valence electrons. The first kappa shape index (κ1) is 10.4. The van der Waals surface area contributed by atoms with Crippen molar-refractivity contribution in [3.05, 3.63) is 65.5 Å². The van der Waals surface area contributed by atoms with Gasteiger partial charge in [0.2, 0.25) is 0 Å². The van der Waals surface area contributed by atoms with Crippen LogP contribution in [-0.4, -0.2) is 0 Å². The monoisotopic (exact) mass is 213 g/mol. The normalized spacial score (nSPS) is 10.8. The molecule has 16 heavy (non-hydrogen) atoms. The Balaban J connectivity index is 2.18. The third-order valence-electron chi connectivity index (χ3n) is 2.25. The van der Waals surface area contributed by atoms with Crippen molar-refractivity contribution in [1.82, 2.24) is 0 Å². The number of rotatable bonds is 2. The summed E-state index contributed by atoms with van der Waals surface area (Å²) < 4.78 is 12.9. The Bertz CT molecular complexity index is 500. The number of benzene rings is 2. The van der Waals surface area contributed by atoms with E-state index in [1.54, 1.807) is 6.07 Å². The molecular formula is C14H12FN. The summed E-state index contributed by atoms with van der Waals surface area (Å²) in [5.41, 5.74) is 8.20. The van der Waals surface area contributed by atoms with Gasteiger partial charge in [-0.2, -0.15) is 0 Å². The van der Waals surface area contributed by atoms with Crippen molar-refractivity contribution in [2.24, 2.45) is 0 Å². The van der Waals surface area contributed by atoms with Crippen molar-refractivity contribution in [3.63, 3.8) is 0 Å². The molecular weight excluding hydrogens is 201 g/mol. The zero-order chi connectivity index (χ0) is 11.4. The number of anilines is 1. The molecule has 0 aromatic heterocycles. The van der Waals surface area contributed by atoms with Gasteiger partial charge in [-0.25, -0.2) is 4.39 Å². The molecule has 0 spiro atoms. The molecule has 0 atom stereocenters. The van der Waals surface area contributed by atoms with E-state index in [2.05, 4.69) is 0 Å². The maximum atomic E-state index is 12.9. The second-order valence-electron chi connectivity index (χ2n) is 3.56. The van der Waals surface area contributed by atoms with Gasteiger partial charge in [0.15, 0.2) is 0 Å². The van der Waals surface area contributed by atoms with Gasteiger partial charge in [0.1, 0.15) is 5.82 Å². The summed E-state index contributed by atoms with van der Waals surface area (Å²) in [6.45, 7) is 0. The lowest BCUT2D eigenvalue weighted by Crippen LogP contribution is -1.82. The van der Waals surface area contributed by atoms with Crippen LogP contribution < -0.4 is 5.73 Å². The molecule has 0 saturated carbocycles. The van der Waals surface area contributed by atoms with Crippen molar-refractivity contribution >= 4 is 17.8 Å². The van der Waals surface area contributed by atoms with Crippen molar-refractivity contribution < 1.29 is 4.39 Å². The average molecular weight is 213 g/mol. The third-order valence-corrected chi connectivity index (χ3v) is 2.25. The van der Waals surface area contributed by atoms with Gasteiger partial charge in [0, 0.05) is 5.69 Å². The van der Waals surface area contributed by atoms with Gasteiger partial charge in [-0.15, -0.1) is 0 Å². The molecule has 0 fully saturated rings. The Labute approximate surface area is 94.0 Å². The highest BCUT2D eigenvalue weighted by molar-refractivity contribution is 5.70. The van der Waals surface area contributed by atoms with Crippen LogP contribution in [-0.2, 0) is 0 Å². The Hall–Kier alpha value is -2.09.